The first-order chi connectivity index (χ1) is 14.2. The van der Waals surface area contributed by atoms with Crippen LogP contribution in [0, 0.1) is 0 Å². The SMILES string of the molecule is Oc1cc(-c2ccn[nH]2)ccc1-c1ccc(O[C@H]2CC3CCCC(N3)[C@H]2F)nn1. The van der Waals surface area contributed by atoms with Crippen molar-refractivity contribution in [2.45, 2.75) is 50.0 Å². The summed E-state index contributed by atoms with van der Waals surface area (Å²) in [5.74, 6) is 0.394. The molecule has 8 heteroatoms. The van der Waals surface area contributed by atoms with Gasteiger partial charge in [0.2, 0.25) is 5.88 Å². The Hall–Kier alpha value is -3.00. The number of fused-ring (bicyclic) bond motifs is 2. The van der Waals surface area contributed by atoms with Crippen LogP contribution in [0.25, 0.3) is 22.5 Å². The first-order valence-corrected chi connectivity index (χ1v) is 9.91. The molecule has 3 aromatic rings. The third kappa shape index (κ3) is 3.55. The minimum Gasteiger partial charge on any atom is -0.507 e. The van der Waals surface area contributed by atoms with Crippen molar-refractivity contribution < 1.29 is 14.2 Å². The molecule has 5 rings (SSSR count). The highest BCUT2D eigenvalue weighted by Crippen LogP contribution is 2.33. The van der Waals surface area contributed by atoms with E-state index in [1.807, 2.05) is 12.1 Å². The average molecular weight is 395 g/mol. The molecule has 29 heavy (non-hydrogen) atoms. The highest BCUT2D eigenvalue weighted by molar-refractivity contribution is 5.72. The number of rotatable bonds is 4. The number of halogens is 1. The fraction of sp³-hybridized carbons (Fsp3) is 0.381. The molecule has 4 heterocycles. The molecule has 2 unspecified atom stereocenters. The molecule has 1 aromatic carbocycles. The lowest BCUT2D eigenvalue weighted by Gasteiger charge is -2.42. The molecule has 2 aliphatic rings. The third-order valence-electron chi connectivity index (χ3n) is 5.77. The lowest BCUT2D eigenvalue weighted by Crippen LogP contribution is -2.59. The zero-order chi connectivity index (χ0) is 19.8. The van der Waals surface area contributed by atoms with Crippen LogP contribution in [0.4, 0.5) is 4.39 Å². The number of nitrogens with one attached hydrogen (secondary N) is 2. The summed E-state index contributed by atoms with van der Waals surface area (Å²) in [6.07, 6.45) is 3.70. The summed E-state index contributed by atoms with van der Waals surface area (Å²) >= 11 is 0. The van der Waals surface area contributed by atoms with E-state index in [0.717, 1.165) is 30.5 Å². The van der Waals surface area contributed by atoms with Crippen LogP contribution in [0.2, 0.25) is 0 Å². The predicted octanol–water partition coefficient (Wildman–Crippen LogP) is 3.24. The number of piperidine rings is 2. The van der Waals surface area contributed by atoms with Crippen molar-refractivity contribution in [1.29, 1.82) is 0 Å². The van der Waals surface area contributed by atoms with Gasteiger partial charge in [0, 0.05) is 41.9 Å². The molecular formula is C21H22FN5O2. The number of hydrogen-bond acceptors (Lipinski definition) is 6. The molecule has 150 valence electrons. The summed E-state index contributed by atoms with van der Waals surface area (Å²) in [4.78, 5) is 0. The minimum absolute atomic E-state index is 0.0927. The van der Waals surface area contributed by atoms with Gasteiger partial charge in [0.25, 0.3) is 0 Å². The number of aromatic nitrogens is 4. The van der Waals surface area contributed by atoms with Crippen molar-refractivity contribution in [3.05, 3.63) is 42.6 Å². The van der Waals surface area contributed by atoms with Crippen LogP contribution < -0.4 is 10.1 Å². The third-order valence-corrected chi connectivity index (χ3v) is 5.77. The molecule has 2 fully saturated rings. The van der Waals surface area contributed by atoms with Gasteiger partial charge in [-0.15, -0.1) is 10.2 Å². The zero-order valence-corrected chi connectivity index (χ0v) is 15.8. The second-order valence-corrected chi connectivity index (χ2v) is 7.70. The van der Waals surface area contributed by atoms with Crippen LogP contribution in [0.5, 0.6) is 11.6 Å². The average Bonchev–Trinajstić information content (AvgIpc) is 3.28. The molecule has 2 aliphatic heterocycles. The van der Waals surface area contributed by atoms with Gasteiger partial charge in [-0.2, -0.15) is 5.10 Å². The van der Waals surface area contributed by atoms with Gasteiger partial charge in [0.1, 0.15) is 11.9 Å². The van der Waals surface area contributed by atoms with Gasteiger partial charge in [-0.05, 0) is 37.1 Å². The molecule has 2 bridgehead atoms. The van der Waals surface area contributed by atoms with E-state index in [1.54, 1.807) is 30.5 Å². The number of benzene rings is 1. The Labute approximate surface area is 167 Å². The molecule has 2 saturated heterocycles. The standard InChI is InChI=1S/C21H22FN5O2/c22-21-17-3-1-2-13(24-17)11-19(21)29-20-7-6-16(26-27-20)14-5-4-12(10-18(14)28)15-8-9-23-25-15/h4-10,13,17,19,21,24,28H,1-3,11H2,(H,23,25)/t13?,17?,19-,21+/m0/s1. The van der Waals surface area contributed by atoms with Gasteiger partial charge in [-0.25, -0.2) is 4.39 Å². The molecule has 0 spiro atoms. The number of phenolic OH excluding ortho intramolecular Hbond substituents is 1. The van der Waals surface area contributed by atoms with Gasteiger partial charge in [-0.1, -0.05) is 12.5 Å². The fourth-order valence-corrected chi connectivity index (χ4v) is 4.29. The van der Waals surface area contributed by atoms with Crippen LogP contribution in [0.15, 0.2) is 42.6 Å². The maximum absolute atomic E-state index is 14.7. The van der Waals surface area contributed by atoms with Crippen LogP contribution >= 0.6 is 0 Å². The quantitative estimate of drug-likeness (QED) is 0.628. The highest BCUT2D eigenvalue weighted by Gasteiger charge is 2.41. The summed E-state index contributed by atoms with van der Waals surface area (Å²) in [6.45, 7) is 0. The normalized spacial score (nSPS) is 26.2. The molecular weight excluding hydrogens is 373 g/mol. The first-order valence-electron chi connectivity index (χ1n) is 9.91. The van der Waals surface area contributed by atoms with E-state index >= 15 is 0 Å². The number of aromatic hydroxyl groups is 1. The predicted molar refractivity (Wildman–Crippen MR) is 105 cm³/mol. The Morgan fingerprint density at radius 2 is 2.03 bits per heavy atom. The van der Waals surface area contributed by atoms with Crippen LogP contribution in [0.3, 0.4) is 0 Å². The summed E-state index contributed by atoms with van der Waals surface area (Å²) < 4.78 is 20.5. The van der Waals surface area contributed by atoms with Crippen molar-refractivity contribution >= 4 is 0 Å². The van der Waals surface area contributed by atoms with E-state index in [-0.39, 0.29) is 11.8 Å². The van der Waals surface area contributed by atoms with E-state index in [9.17, 15) is 9.50 Å². The number of H-pyrrole nitrogens is 1. The van der Waals surface area contributed by atoms with E-state index in [2.05, 4.69) is 25.7 Å². The number of aromatic amines is 1. The van der Waals surface area contributed by atoms with Crippen molar-refractivity contribution in [3.63, 3.8) is 0 Å². The summed E-state index contributed by atoms with van der Waals surface area (Å²) in [5.41, 5.74) is 2.72. The smallest absolute Gasteiger partial charge is 0.233 e. The van der Waals surface area contributed by atoms with E-state index < -0.39 is 12.3 Å². The molecule has 3 N–H and O–H groups in total. The highest BCUT2D eigenvalue weighted by atomic mass is 19.1. The number of ether oxygens (including phenoxy) is 1. The second-order valence-electron chi connectivity index (χ2n) is 7.70. The second kappa shape index (κ2) is 7.44. The van der Waals surface area contributed by atoms with E-state index in [4.69, 9.17) is 4.74 Å². The molecule has 0 radical (unpaired) electrons. The molecule has 2 aromatic heterocycles. The van der Waals surface area contributed by atoms with Gasteiger partial charge < -0.3 is 15.2 Å². The van der Waals surface area contributed by atoms with E-state index in [1.165, 1.54) is 0 Å². The number of alkyl halides is 1. The zero-order valence-electron chi connectivity index (χ0n) is 15.8. The van der Waals surface area contributed by atoms with Crippen molar-refractivity contribution in [1.82, 2.24) is 25.7 Å². The molecule has 0 saturated carbocycles. The summed E-state index contributed by atoms with van der Waals surface area (Å²) in [5, 5.41) is 28.8. The Kier molecular flexibility index (Phi) is 4.63. The number of hydrogen-bond donors (Lipinski definition) is 3. The molecule has 7 nitrogen and oxygen atoms in total. The van der Waals surface area contributed by atoms with Crippen molar-refractivity contribution in [2.75, 3.05) is 0 Å². The van der Waals surface area contributed by atoms with Gasteiger partial charge >= 0.3 is 0 Å². The maximum Gasteiger partial charge on any atom is 0.233 e. The lowest BCUT2D eigenvalue weighted by atomic mass is 9.84. The fourth-order valence-electron chi connectivity index (χ4n) is 4.29. The largest absolute Gasteiger partial charge is 0.507 e. The summed E-state index contributed by atoms with van der Waals surface area (Å²) in [6, 6.07) is 10.7. The maximum atomic E-state index is 14.7. The van der Waals surface area contributed by atoms with E-state index in [0.29, 0.717) is 29.6 Å². The summed E-state index contributed by atoms with van der Waals surface area (Å²) in [7, 11) is 0. The van der Waals surface area contributed by atoms with Crippen molar-refractivity contribution in [2.24, 2.45) is 0 Å². The topological polar surface area (TPSA) is 96.0 Å². The Balaban J connectivity index is 1.31. The van der Waals surface area contributed by atoms with Gasteiger partial charge in [0.05, 0.1) is 11.4 Å². The first kappa shape index (κ1) is 18.1. The number of nitrogens with zero attached hydrogens (tertiary/aromatic N) is 3. The monoisotopic (exact) mass is 395 g/mol. The molecule has 4 atom stereocenters. The van der Waals surface area contributed by atoms with Crippen LogP contribution in [0.1, 0.15) is 25.7 Å². The minimum atomic E-state index is -1.05. The lowest BCUT2D eigenvalue weighted by molar-refractivity contribution is 0.00652. The molecule has 0 amide bonds. The number of phenols is 1. The Bertz CT molecular complexity index is 979. The van der Waals surface area contributed by atoms with Gasteiger partial charge in [-0.3, -0.25) is 5.10 Å². The van der Waals surface area contributed by atoms with Crippen LogP contribution in [-0.4, -0.2) is 49.9 Å². The van der Waals surface area contributed by atoms with Crippen molar-refractivity contribution in [3.8, 4) is 34.1 Å². The van der Waals surface area contributed by atoms with Crippen LogP contribution in [-0.2, 0) is 0 Å². The Morgan fingerprint density at radius 1 is 1.10 bits per heavy atom. The molecule has 0 aliphatic carbocycles. The Morgan fingerprint density at radius 3 is 2.79 bits per heavy atom. The van der Waals surface area contributed by atoms with Gasteiger partial charge in [0.15, 0.2) is 6.17 Å².